The molecule has 0 spiro atoms. The van der Waals surface area contributed by atoms with E-state index in [0.29, 0.717) is 0 Å². The molecule has 1 aromatic rings. The van der Waals surface area contributed by atoms with Crippen LogP contribution < -0.4 is 10.6 Å². The van der Waals surface area contributed by atoms with E-state index in [9.17, 15) is 0 Å². The van der Waals surface area contributed by atoms with Crippen molar-refractivity contribution in [2.24, 2.45) is 5.73 Å². The van der Waals surface area contributed by atoms with Gasteiger partial charge in [0.25, 0.3) is 0 Å². The number of pyridine rings is 1. The zero-order chi connectivity index (χ0) is 12.3. The van der Waals surface area contributed by atoms with Gasteiger partial charge in [0, 0.05) is 30.6 Å². The quantitative estimate of drug-likeness (QED) is 0.930. The first-order valence-electron chi connectivity index (χ1n) is 5.81. The van der Waals surface area contributed by atoms with E-state index in [-0.39, 0.29) is 4.75 Å². The molecule has 5 heteroatoms. The Morgan fingerprint density at radius 3 is 2.76 bits per heavy atom. The number of halogens is 1. The van der Waals surface area contributed by atoms with Crippen LogP contribution in [0.1, 0.15) is 12.8 Å². The summed E-state index contributed by atoms with van der Waals surface area (Å²) in [6, 6.07) is 3.99. The van der Waals surface area contributed by atoms with E-state index in [1.807, 2.05) is 30.1 Å². The number of piperidine rings is 1. The average molecular weight is 316 g/mol. The first-order chi connectivity index (χ1) is 8.21. The lowest BCUT2D eigenvalue weighted by atomic mass is 9.96. The summed E-state index contributed by atoms with van der Waals surface area (Å²) in [7, 11) is 0. The number of hydrogen-bond donors (Lipinski definition) is 1. The molecule has 0 aromatic carbocycles. The van der Waals surface area contributed by atoms with E-state index in [1.54, 1.807) is 0 Å². The molecule has 0 saturated carbocycles. The standard InChI is InChI=1S/C12H18BrN3S/c1-17-12(9-14)4-7-16(8-5-12)11-10(13)3-2-6-15-11/h2-3,6H,4-5,7-9,14H2,1H3. The summed E-state index contributed by atoms with van der Waals surface area (Å²) < 4.78 is 1.35. The highest BCUT2D eigenvalue weighted by Crippen LogP contribution is 2.36. The van der Waals surface area contributed by atoms with Crippen LogP contribution in [0.25, 0.3) is 0 Å². The number of thioether (sulfide) groups is 1. The Labute approximate surface area is 115 Å². The Morgan fingerprint density at radius 1 is 1.53 bits per heavy atom. The van der Waals surface area contributed by atoms with Crippen molar-refractivity contribution in [1.29, 1.82) is 0 Å². The molecule has 1 saturated heterocycles. The molecule has 1 aromatic heterocycles. The molecule has 0 unspecified atom stereocenters. The van der Waals surface area contributed by atoms with Gasteiger partial charge in [0.2, 0.25) is 0 Å². The summed E-state index contributed by atoms with van der Waals surface area (Å²) >= 11 is 5.47. The van der Waals surface area contributed by atoms with Crippen molar-refractivity contribution in [2.75, 3.05) is 30.8 Å². The number of aromatic nitrogens is 1. The fourth-order valence-electron chi connectivity index (χ4n) is 2.23. The van der Waals surface area contributed by atoms with Crippen molar-refractivity contribution in [2.45, 2.75) is 17.6 Å². The second-order valence-electron chi connectivity index (χ2n) is 4.39. The summed E-state index contributed by atoms with van der Waals surface area (Å²) in [6.45, 7) is 2.84. The van der Waals surface area contributed by atoms with E-state index in [2.05, 4.69) is 32.1 Å². The highest BCUT2D eigenvalue weighted by molar-refractivity contribution is 9.10. The Kier molecular flexibility index (Phi) is 4.33. The maximum atomic E-state index is 5.90. The second kappa shape index (κ2) is 5.59. The SMILES string of the molecule is CSC1(CN)CCN(c2ncccc2Br)CC1. The number of rotatable bonds is 3. The normalized spacial score (nSPS) is 19.4. The van der Waals surface area contributed by atoms with Gasteiger partial charge in [0.15, 0.2) is 0 Å². The Bertz CT molecular complexity index is 372. The summed E-state index contributed by atoms with van der Waals surface area (Å²) in [5.41, 5.74) is 5.90. The zero-order valence-electron chi connectivity index (χ0n) is 10.0. The lowest BCUT2D eigenvalue weighted by molar-refractivity contribution is 0.455. The molecule has 2 rings (SSSR count). The van der Waals surface area contributed by atoms with Crippen LogP contribution in [-0.4, -0.2) is 35.6 Å². The minimum Gasteiger partial charge on any atom is -0.356 e. The third kappa shape index (κ3) is 2.77. The Hall–Kier alpha value is -0.260. The smallest absolute Gasteiger partial charge is 0.142 e. The molecule has 0 amide bonds. The molecular formula is C12H18BrN3S. The Morgan fingerprint density at radius 2 is 2.24 bits per heavy atom. The largest absolute Gasteiger partial charge is 0.356 e. The zero-order valence-corrected chi connectivity index (χ0v) is 12.4. The van der Waals surface area contributed by atoms with Gasteiger partial charge < -0.3 is 10.6 Å². The van der Waals surface area contributed by atoms with Crippen molar-refractivity contribution in [3.8, 4) is 0 Å². The summed E-state index contributed by atoms with van der Waals surface area (Å²) in [4.78, 5) is 6.78. The fourth-order valence-corrected chi connectivity index (χ4v) is 3.49. The van der Waals surface area contributed by atoms with Gasteiger partial charge in [-0.15, -0.1) is 0 Å². The molecule has 0 radical (unpaired) electrons. The first-order valence-corrected chi connectivity index (χ1v) is 7.83. The maximum Gasteiger partial charge on any atom is 0.142 e. The maximum absolute atomic E-state index is 5.90. The van der Waals surface area contributed by atoms with Crippen molar-refractivity contribution < 1.29 is 0 Å². The molecule has 1 aliphatic heterocycles. The van der Waals surface area contributed by atoms with Crippen LogP contribution in [0.2, 0.25) is 0 Å². The van der Waals surface area contributed by atoms with E-state index in [1.165, 1.54) is 0 Å². The van der Waals surface area contributed by atoms with Crippen LogP contribution in [0.15, 0.2) is 22.8 Å². The predicted molar refractivity (Wildman–Crippen MR) is 78.7 cm³/mol. The fraction of sp³-hybridized carbons (Fsp3) is 0.583. The molecule has 2 heterocycles. The second-order valence-corrected chi connectivity index (χ2v) is 6.52. The van der Waals surface area contributed by atoms with Crippen LogP contribution in [0.3, 0.4) is 0 Å². The first kappa shape index (κ1) is 13.2. The molecule has 0 bridgehead atoms. The third-order valence-corrected chi connectivity index (χ3v) is 5.58. The summed E-state index contributed by atoms with van der Waals surface area (Å²) in [5, 5.41) is 0. The number of nitrogens with two attached hydrogens (primary N) is 1. The minimum atomic E-state index is 0.276. The van der Waals surface area contributed by atoms with Gasteiger partial charge in [0.1, 0.15) is 5.82 Å². The number of nitrogens with zero attached hydrogens (tertiary/aromatic N) is 2. The molecular weight excluding hydrogens is 298 g/mol. The van der Waals surface area contributed by atoms with Crippen molar-refractivity contribution >= 4 is 33.5 Å². The number of hydrogen-bond acceptors (Lipinski definition) is 4. The molecule has 3 nitrogen and oxygen atoms in total. The van der Waals surface area contributed by atoms with Gasteiger partial charge in [0.05, 0.1) is 4.47 Å². The molecule has 17 heavy (non-hydrogen) atoms. The van der Waals surface area contributed by atoms with Gasteiger partial charge in [-0.3, -0.25) is 0 Å². The van der Waals surface area contributed by atoms with Crippen molar-refractivity contribution in [1.82, 2.24) is 4.98 Å². The molecule has 0 atom stereocenters. The van der Waals surface area contributed by atoms with Crippen LogP contribution in [0.5, 0.6) is 0 Å². The summed E-state index contributed by atoms with van der Waals surface area (Å²) in [5.74, 6) is 1.05. The van der Waals surface area contributed by atoms with E-state index >= 15 is 0 Å². The van der Waals surface area contributed by atoms with Crippen LogP contribution >= 0.6 is 27.7 Å². The molecule has 0 aliphatic carbocycles. The van der Waals surface area contributed by atoms with Crippen LogP contribution in [0.4, 0.5) is 5.82 Å². The summed E-state index contributed by atoms with van der Waals surface area (Å²) in [6.07, 6.45) is 6.28. The van der Waals surface area contributed by atoms with Crippen molar-refractivity contribution in [3.05, 3.63) is 22.8 Å². The van der Waals surface area contributed by atoms with Gasteiger partial charge in [-0.05, 0) is 47.2 Å². The molecule has 2 N–H and O–H groups in total. The van der Waals surface area contributed by atoms with Crippen molar-refractivity contribution in [3.63, 3.8) is 0 Å². The lowest BCUT2D eigenvalue weighted by Crippen LogP contribution is -2.46. The van der Waals surface area contributed by atoms with Gasteiger partial charge in [-0.2, -0.15) is 11.8 Å². The predicted octanol–water partition coefficient (Wildman–Crippen LogP) is 2.50. The van der Waals surface area contributed by atoms with Gasteiger partial charge in [-0.25, -0.2) is 4.98 Å². The van der Waals surface area contributed by atoms with E-state index in [4.69, 9.17) is 5.73 Å². The molecule has 1 fully saturated rings. The van der Waals surface area contributed by atoms with Crippen LogP contribution in [-0.2, 0) is 0 Å². The highest BCUT2D eigenvalue weighted by atomic mass is 79.9. The third-order valence-electron chi connectivity index (χ3n) is 3.52. The topological polar surface area (TPSA) is 42.1 Å². The highest BCUT2D eigenvalue weighted by Gasteiger charge is 2.33. The van der Waals surface area contributed by atoms with Crippen LogP contribution in [0, 0.1) is 0 Å². The Balaban J connectivity index is 2.07. The molecule has 94 valence electrons. The van der Waals surface area contributed by atoms with E-state index < -0.39 is 0 Å². The lowest BCUT2D eigenvalue weighted by Gasteiger charge is -2.40. The van der Waals surface area contributed by atoms with Gasteiger partial charge in [-0.1, -0.05) is 0 Å². The monoisotopic (exact) mass is 315 g/mol. The number of anilines is 1. The van der Waals surface area contributed by atoms with E-state index in [0.717, 1.165) is 42.8 Å². The average Bonchev–Trinajstić information content (AvgIpc) is 2.40. The van der Waals surface area contributed by atoms with Gasteiger partial charge >= 0.3 is 0 Å². The minimum absolute atomic E-state index is 0.276. The molecule has 1 aliphatic rings.